The fraction of sp³-hybridized carbons (Fsp3) is 0.977. The molecule has 8 aliphatic rings. The lowest BCUT2D eigenvalue weighted by molar-refractivity contribution is -0.244. The molecular formula is C43H73N3O2. The molecule has 8 fully saturated rings. The second-order valence-electron chi connectivity index (χ2n) is 20.9. The minimum Gasteiger partial charge on any atom is -0.379 e. The van der Waals surface area contributed by atoms with E-state index in [9.17, 15) is 0 Å². The van der Waals surface area contributed by atoms with Gasteiger partial charge in [0.15, 0.2) is 0 Å². The Morgan fingerprint density at radius 1 is 0.646 bits per heavy atom. The average molecular weight is 664 g/mol. The van der Waals surface area contributed by atoms with Crippen molar-refractivity contribution in [1.29, 1.82) is 0 Å². The van der Waals surface area contributed by atoms with Gasteiger partial charge in [-0.1, -0.05) is 48.5 Å². The van der Waals surface area contributed by atoms with E-state index in [-0.39, 0.29) is 5.41 Å². The predicted octanol–water partition coefficient (Wildman–Crippen LogP) is 8.37. The van der Waals surface area contributed by atoms with Crippen LogP contribution in [0.1, 0.15) is 132 Å². The van der Waals surface area contributed by atoms with Gasteiger partial charge in [0.05, 0.1) is 18.6 Å². The molecule has 1 amide bonds. The summed E-state index contributed by atoms with van der Waals surface area (Å²) in [5.41, 5.74) is 2.08. The Kier molecular flexibility index (Phi) is 8.57. The maximum absolute atomic E-state index is 15.1. The number of carbonyl (C=O) groups excluding carboxylic acids is 1. The molecule has 0 spiro atoms. The van der Waals surface area contributed by atoms with E-state index >= 15 is 4.79 Å². The summed E-state index contributed by atoms with van der Waals surface area (Å²) in [5.74, 6) is 5.22. The predicted molar refractivity (Wildman–Crippen MR) is 196 cm³/mol. The van der Waals surface area contributed by atoms with E-state index in [2.05, 4.69) is 63.2 Å². The van der Waals surface area contributed by atoms with Crippen LogP contribution in [0.5, 0.6) is 0 Å². The normalized spacial score (nSPS) is 48.6. The second-order valence-corrected chi connectivity index (χ2v) is 20.9. The van der Waals surface area contributed by atoms with Gasteiger partial charge in [-0.15, -0.1) is 0 Å². The van der Waals surface area contributed by atoms with Crippen LogP contribution in [-0.2, 0) is 9.53 Å². The summed E-state index contributed by atoms with van der Waals surface area (Å²) >= 11 is 0. The zero-order chi connectivity index (χ0) is 33.7. The third-order valence-corrected chi connectivity index (χ3v) is 19.1. The zero-order valence-electron chi connectivity index (χ0n) is 32.4. The van der Waals surface area contributed by atoms with Crippen molar-refractivity contribution in [3.8, 4) is 0 Å². The van der Waals surface area contributed by atoms with E-state index in [1.54, 1.807) is 0 Å². The van der Waals surface area contributed by atoms with Gasteiger partial charge in [0.25, 0.3) is 0 Å². The molecule has 48 heavy (non-hydrogen) atoms. The van der Waals surface area contributed by atoms with Crippen LogP contribution in [0.4, 0.5) is 0 Å². The van der Waals surface area contributed by atoms with Gasteiger partial charge < -0.3 is 9.64 Å². The Bertz CT molecular complexity index is 1220. The van der Waals surface area contributed by atoms with Gasteiger partial charge in [0.2, 0.25) is 5.91 Å². The van der Waals surface area contributed by atoms with E-state index in [4.69, 9.17) is 4.74 Å². The lowest BCUT2D eigenvalue weighted by atomic mass is 9.32. The van der Waals surface area contributed by atoms with E-state index in [1.807, 2.05) is 0 Å². The number of rotatable bonds is 6. The molecule has 0 radical (unpaired) electrons. The van der Waals surface area contributed by atoms with Crippen molar-refractivity contribution in [3.63, 3.8) is 0 Å². The van der Waals surface area contributed by atoms with Crippen LogP contribution in [0.2, 0.25) is 0 Å². The molecule has 6 aliphatic carbocycles. The molecule has 5 heteroatoms. The van der Waals surface area contributed by atoms with Crippen molar-refractivity contribution >= 4 is 5.91 Å². The molecule has 2 heterocycles. The first-order chi connectivity index (χ1) is 22.8. The topological polar surface area (TPSA) is 36.0 Å². The van der Waals surface area contributed by atoms with Crippen molar-refractivity contribution in [2.24, 2.45) is 68.0 Å². The molecule has 0 aromatic rings. The van der Waals surface area contributed by atoms with Crippen LogP contribution < -0.4 is 0 Å². The van der Waals surface area contributed by atoms with Crippen molar-refractivity contribution < 1.29 is 9.53 Å². The minimum atomic E-state index is -0.0918. The summed E-state index contributed by atoms with van der Waals surface area (Å²) in [4.78, 5) is 22.7. The number of nitrogens with zero attached hydrogens (tertiary/aromatic N) is 3. The molecule has 2 saturated heterocycles. The van der Waals surface area contributed by atoms with Crippen LogP contribution in [0.25, 0.3) is 0 Å². The number of piperazine rings is 1. The molecule has 5 nitrogen and oxygen atoms in total. The summed E-state index contributed by atoms with van der Waals surface area (Å²) in [5, 5.41) is 0. The third kappa shape index (κ3) is 5.02. The van der Waals surface area contributed by atoms with Gasteiger partial charge in [-0.05, 0) is 159 Å². The molecule has 272 valence electrons. The highest BCUT2D eigenvalue weighted by Gasteiger charge is 2.73. The van der Waals surface area contributed by atoms with Gasteiger partial charge in [-0.2, -0.15) is 0 Å². The van der Waals surface area contributed by atoms with Crippen molar-refractivity contribution in [3.05, 3.63) is 0 Å². The van der Waals surface area contributed by atoms with Gasteiger partial charge >= 0.3 is 0 Å². The summed E-state index contributed by atoms with van der Waals surface area (Å²) in [6, 6.07) is 0. The maximum Gasteiger partial charge on any atom is 0.229 e. The van der Waals surface area contributed by atoms with Gasteiger partial charge in [-0.3, -0.25) is 14.6 Å². The Hall–Kier alpha value is -0.650. The second kappa shape index (κ2) is 11.9. The number of amides is 1. The Morgan fingerprint density at radius 3 is 2.02 bits per heavy atom. The molecule has 2 aliphatic heterocycles. The van der Waals surface area contributed by atoms with E-state index in [0.29, 0.717) is 38.9 Å². The quantitative estimate of drug-likeness (QED) is 0.286. The molecule has 10 atom stereocenters. The monoisotopic (exact) mass is 664 g/mol. The summed E-state index contributed by atoms with van der Waals surface area (Å²) in [6.07, 6.45) is 17.5. The SMILES string of the molecule is C[C@H]1CC[C@]2(C)[C@H]3CC[C@@H]4[C@H]5[C@H](C6(C)CC6)CC[C@]5(C(=O)N5CCN(CCCN6CCOCC6)CC5)CC[C@@]4(C)[C@]3(C)CC[C@H]2C1(C)C. The zero-order valence-corrected chi connectivity index (χ0v) is 32.4. The van der Waals surface area contributed by atoms with Gasteiger partial charge in [-0.25, -0.2) is 0 Å². The van der Waals surface area contributed by atoms with E-state index in [0.717, 1.165) is 82.1 Å². The van der Waals surface area contributed by atoms with E-state index < -0.39 is 0 Å². The molecule has 6 saturated carbocycles. The van der Waals surface area contributed by atoms with Crippen molar-refractivity contribution in [1.82, 2.24) is 14.7 Å². The maximum atomic E-state index is 15.1. The summed E-state index contributed by atoms with van der Waals surface area (Å²) < 4.78 is 5.54. The highest BCUT2D eigenvalue weighted by Crippen LogP contribution is 2.79. The van der Waals surface area contributed by atoms with Crippen molar-refractivity contribution in [2.45, 2.75) is 132 Å². The molecule has 0 aromatic carbocycles. The number of hydrogen-bond acceptors (Lipinski definition) is 4. The van der Waals surface area contributed by atoms with Crippen LogP contribution in [0.15, 0.2) is 0 Å². The van der Waals surface area contributed by atoms with Crippen molar-refractivity contribution in [2.75, 3.05) is 65.6 Å². The standard InChI is InChI=1S/C43H73N3O2/c1-31-11-14-40(5)34(38(31,2)3)13-15-42(7)35(40)10-9-33-36-32(39(4)17-18-39)12-16-43(36,20-19-41(33,42)6)37(47)46-25-23-44(24-26-46)21-8-22-45-27-29-48-30-28-45/h31-36H,8-30H2,1-7H3/t31-,32+,33+,34-,35+,36+,40-,41+,42+,43-/m0/s1. The lowest BCUT2D eigenvalue weighted by Crippen LogP contribution is -2.67. The first kappa shape index (κ1) is 34.4. The first-order valence-corrected chi connectivity index (χ1v) is 21.1. The first-order valence-electron chi connectivity index (χ1n) is 21.1. The highest BCUT2D eigenvalue weighted by atomic mass is 16.5. The molecule has 0 N–H and O–H groups in total. The molecule has 0 unspecified atom stereocenters. The fourth-order valence-electron chi connectivity index (χ4n) is 15.3. The minimum absolute atomic E-state index is 0.0918. The summed E-state index contributed by atoms with van der Waals surface area (Å²) in [7, 11) is 0. The molecule has 0 aromatic heterocycles. The fourth-order valence-corrected chi connectivity index (χ4v) is 15.3. The van der Waals surface area contributed by atoms with E-state index in [1.165, 1.54) is 96.6 Å². The summed E-state index contributed by atoms with van der Waals surface area (Å²) in [6.45, 7) is 29.1. The molecule has 0 bridgehead atoms. The Labute approximate surface area is 295 Å². The average Bonchev–Trinajstić information content (AvgIpc) is 3.69. The Balaban J connectivity index is 1.01. The smallest absolute Gasteiger partial charge is 0.229 e. The largest absolute Gasteiger partial charge is 0.379 e. The number of morpholine rings is 1. The lowest BCUT2D eigenvalue weighted by Gasteiger charge is -2.73. The Morgan fingerprint density at radius 2 is 1.33 bits per heavy atom. The number of carbonyl (C=O) groups is 1. The number of fused-ring (bicyclic) bond motifs is 7. The van der Waals surface area contributed by atoms with Crippen LogP contribution >= 0.6 is 0 Å². The van der Waals surface area contributed by atoms with Crippen LogP contribution in [0, 0.1) is 68.0 Å². The number of ether oxygens (including phenoxy) is 1. The van der Waals surface area contributed by atoms with Gasteiger partial charge in [0, 0.05) is 39.3 Å². The molecular weight excluding hydrogens is 590 g/mol. The third-order valence-electron chi connectivity index (χ3n) is 19.1. The molecule has 8 rings (SSSR count). The van der Waals surface area contributed by atoms with Crippen LogP contribution in [-0.4, -0.2) is 86.2 Å². The van der Waals surface area contributed by atoms with Gasteiger partial charge in [0.1, 0.15) is 0 Å². The van der Waals surface area contributed by atoms with Crippen LogP contribution in [0.3, 0.4) is 0 Å². The highest BCUT2D eigenvalue weighted by molar-refractivity contribution is 5.84. The number of hydrogen-bond donors (Lipinski definition) is 0.